The average Bonchev–Trinajstić information content (AvgIpc) is 3.33. The van der Waals surface area contributed by atoms with Crippen molar-refractivity contribution in [2.75, 3.05) is 0 Å². The average molecular weight is 576 g/mol. The number of fused-ring (bicyclic) bond motifs is 2. The Morgan fingerprint density at radius 3 is 1.11 bits per heavy atom. The second-order valence-electron chi connectivity index (χ2n) is 10.8. The molecule has 0 saturated carbocycles. The zero-order valence-electron chi connectivity index (χ0n) is 24.9. The van der Waals surface area contributed by atoms with Gasteiger partial charge in [-0.25, -0.2) is 0 Å². The molecule has 0 nitrogen and oxygen atoms in total. The van der Waals surface area contributed by atoms with Crippen molar-refractivity contribution >= 4 is 28.4 Å². The molecule has 0 spiro atoms. The van der Waals surface area contributed by atoms with Gasteiger partial charge in [-0.1, -0.05) is 91.5 Å². The van der Waals surface area contributed by atoms with Gasteiger partial charge in [-0.2, -0.15) is 12.1 Å². The number of rotatable bonds is 4. The first-order valence-electron chi connectivity index (χ1n) is 12.7. The topological polar surface area (TPSA) is 0 Å². The molecule has 0 amide bonds. The number of hydrogen-bond acceptors (Lipinski definition) is 0. The molecule has 0 aliphatic carbocycles. The van der Waals surface area contributed by atoms with Gasteiger partial charge in [0.2, 0.25) is 0 Å². The van der Waals surface area contributed by atoms with Crippen molar-refractivity contribution in [3.63, 3.8) is 0 Å². The Bertz CT molecular complexity index is 1120. The van der Waals surface area contributed by atoms with Gasteiger partial charge in [0.15, 0.2) is 0 Å². The van der Waals surface area contributed by atoms with Gasteiger partial charge >= 0.3 is 30.2 Å². The standard InChI is InChI=1S/2C16H21.2CH3.Si.Zr/c2*1-10(2)14-7-6-13-8-12(5)9-15(13)16(14)11(3)4;;;;/h2*6-11H,1-5H3;2*1H3;;/q4*-1;;. The molecule has 4 aromatic carbocycles. The van der Waals surface area contributed by atoms with Crippen molar-refractivity contribution in [3.05, 3.63) is 96.8 Å². The Morgan fingerprint density at radius 2 is 0.861 bits per heavy atom. The normalized spacial score (nSPS) is 10.7. The van der Waals surface area contributed by atoms with Gasteiger partial charge < -0.3 is 14.9 Å². The van der Waals surface area contributed by atoms with E-state index in [0.29, 0.717) is 23.7 Å². The Labute approximate surface area is 240 Å². The molecule has 0 saturated heterocycles. The van der Waals surface area contributed by atoms with Crippen LogP contribution in [0.3, 0.4) is 0 Å². The molecule has 2 radical (unpaired) electrons. The van der Waals surface area contributed by atoms with Gasteiger partial charge in [0.05, 0.1) is 0 Å². The second kappa shape index (κ2) is 15.2. The van der Waals surface area contributed by atoms with E-state index in [1.54, 1.807) is 11.1 Å². The molecule has 0 bridgehead atoms. The summed E-state index contributed by atoms with van der Waals surface area (Å²) in [4.78, 5) is 0. The summed E-state index contributed by atoms with van der Waals surface area (Å²) in [6.45, 7) is 25.7. The quantitative estimate of drug-likeness (QED) is 0.168. The summed E-state index contributed by atoms with van der Waals surface area (Å²) >= 11 is 1.36. The maximum absolute atomic E-state index is 3.06. The van der Waals surface area contributed by atoms with Crippen molar-refractivity contribution in [2.45, 2.75) is 92.9 Å². The third kappa shape index (κ3) is 7.88. The van der Waals surface area contributed by atoms with Crippen LogP contribution in [0.5, 0.6) is 0 Å². The Balaban J connectivity index is 0.000000605. The fourth-order valence-electron chi connectivity index (χ4n) is 5.24. The minimum atomic E-state index is 0. The van der Waals surface area contributed by atoms with E-state index in [9.17, 15) is 0 Å². The van der Waals surface area contributed by atoms with Crippen LogP contribution in [0, 0.1) is 28.7 Å². The Morgan fingerprint density at radius 1 is 0.556 bits per heavy atom. The van der Waals surface area contributed by atoms with Gasteiger partial charge in [-0.3, -0.25) is 0 Å². The maximum atomic E-state index is 3.06. The predicted octanol–water partition coefficient (Wildman–Crippen LogP) is 10.7. The van der Waals surface area contributed by atoms with Gasteiger partial charge in [0, 0.05) is 0 Å². The summed E-state index contributed by atoms with van der Waals surface area (Å²) in [6.07, 6.45) is 0. The van der Waals surface area contributed by atoms with Crippen molar-refractivity contribution in [1.82, 2.24) is 0 Å². The SMILES string of the molecule is Cc1cc2c(C(C)C)c(C(C)C)ccc2[cH-]1.Cc1cc2c(C(C)C)c(C(C)C)ccc2[cH-]1.[CH3-].[CH3-].[Si]=[Zr]. The van der Waals surface area contributed by atoms with Gasteiger partial charge in [-0.15, -0.1) is 69.1 Å². The molecule has 0 atom stereocenters. The van der Waals surface area contributed by atoms with E-state index in [1.807, 2.05) is 0 Å². The zero-order chi connectivity index (χ0) is 25.7. The molecule has 0 aliphatic rings. The van der Waals surface area contributed by atoms with E-state index in [2.05, 4.69) is 125 Å². The minimum absolute atomic E-state index is 0. The Hall–Kier alpha value is -1.24. The summed E-state index contributed by atoms with van der Waals surface area (Å²) in [6, 6.07) is 18.4. The van der Waals surface area contributed by atoms with Gasteiger partial charge in [-0.05, 0) is 23.7 Å². The molecule has 4 aromatic rings. The van der Waals surface area contributed by atoms with Crippen LogP contribution in [0.4, 0.5) is 0 Å². The molecule has 196 valence electrons. The van der Waals surface area contributed by atoms with E-state index >= 15 is 0 Å². The fourth-order valence-corrected chi connectivity index (χ4v) is 5.24. The zero-order valence-corrected chi connectivity index (χ0v) is 28.4. The molecule has 0 heterocycles. The molecule has 0 N–H and O–H groups in total. The summed E-state index contributed by atoms with van der Waals surface area (Å²) in [5.41, 5.74) is 8.85. The summed E-state index contributed by atoms with van der Waals surface area (Å²) in [5.74, 6) is 2.42. The number of aryl methyl sites for hydroxylation is 2. The van der Waals surface area contributed by atoms with Crippen LogP contribution in [-0.2, 0) is 23.3 Å². The monoisotopic (exact) mass is 574 g/mol. The molecule has 0 aliphatic heterocycles. The molecular weight excluding hydrogens is 528 g/mol. The van der Waals surface area contributed by atoms with Crippen LogP contribution in [0.15, 0.2) is 48.5 Å². The molecule has 0 unspecified atom stereocenters. The fraction of sp³-hybridized carbons (Fsp3) is 0.412. The van der Waals surface area contributed by atoms with Crippen molar-refractivity contribution in [2.24, 2.45) is 0 Å². The van der Waals surface area contributed by atoms with E-state index < -0.39 is 0 Å². The van der Waals surface area contributed by atoms with Crippen molar-refractivity contribution in [1.29, 1.82) is 0 Å². The van der Waals surface area contributed by atoms with Gasteiger partial charge in [0.25, 0.3) is 0 Å². The molecule has 2 heteroatoms. The number of hydrogen-bond donors (Lipinski definition) is 0. The van der Waals surface area contributed by atoms with Crippen LogP contribution in [0.25, 0.3) is 21.5 Å². The Kier molecular flexibility index (Phi) is 14.7. The van der Waals surface area contributed by atoms with Crippen molar-refractivity contribution in [3.8, 4) is 0 Å². The van der Waals surface area contributed by atoms with E-state index in [4.69, 9.17) is 0 Å². The van der Waals surface area contributed by atoms with Crippen LogP contribution in [0.1, 0.15) is 112 Å². The summed E-state index contributed by atoms with van der Waals surface area (Å²) in [5, 5.41) is 5.70. The molecular formula is C34H48SiZr-4. The van der Waals surface area contributed by atoms with Crippen LogP contribution in [-0.4, -0.2) is 6.88 Å². The third-order valence-corrected chi connectivity index (χ3v) is 6.62. The number of benzene rings is 2. The van der Waals surface area contributed by atoms with Crippen LogP contribution < -0.4 is 0 Å². The second-order valence-corrected chi connectivity index (χ2v) is 10.8. The predicted molar refractivity (Wildman–Crippen MR) is 163 cm³/mol. The van der Waals surface area contributed by atoms with Gasteiger partial charge in [0.1, 0.15) is 0 Å². The summed E-state index contributed by atoms with van der Waals surface area (Å²) < 4.78 is 0. The summed E-state index contributed by atoms with van der Waals surface area (Å²) in [7, 11) is 0. The van der Waals surface area contributed by atoms with E-state index in [0.717, 1.165) is 0 Å². The first-order chi connectivity index (χ1) is 16.0. The third-order valence-electron chi connectivity index (χ3n) is 6.62. The van der Waals surface area contributed by atoms with Crippen LogP contribution >= 0.6 is 0 Å². The molecule has 0 fully saturated rings. The van der Waals surface area contributed by atoms with Crippen molar-refractivity contribution < 1.29 is 23.3 Å². The van der Waals surface area contributed by atoms with Crippen LogP contribution in [0.2, 0.25) is 0 Å². The van der Waals surface area contributed by atoms with E-state index in [-0.39, 0.29) is 14.9 Å². The molecule has 0 aromatic heterocycles. The van der Waals surface area contributed by atoms with E-state index in [1.165, 1.54) is 67.1 Å². The molecule has 4 rings (SSSR count). The molecule has 36 heavy (non-hydrogen) atoms. The first-order valence-corrected chi connectivity index (χ1v) is 16.8. The first kappa shape index (κ1) is 34.8.